The molecule has 2 N–H and O–H groups in total. The second-order valence-electron chi connectivity index (χ2n) is 9.04. The second kappa shape index (κ2) is 8.99. The van der Waals surface area contributed by atoms with Crippen LogP contribution in [0.5, 0.6) is 0 Å². The van der Waals surface area contributed by atoms with Crippen molar-refractivity contribution in [2.75, 3.05) is 38.1 Å². The van der Waals surface area contributed by atoms with Crippen LogP contribution >= 0.6 is 0 Å². The lowest BCUT2D eigenvalue weighted by Gasteiger charge is -2.37. The first-order valence-electron chi connectivity index (χ1n) is 11.6. The van der Waals surface area contributed by atoms with Gasteiger partial charge in [-0.15, -0.1) is 0 Å². The van der Waals surface area contributed by atoms with Crippen molar-refractivity contribution in [2.45, 2.75) is 37.4 Å². The van der Waals surface area contributed by atoms with Crippen LogP contribution in [0.4, 0.5) is 18.9 Å². The molecule has 3 aromatic rings. The van der Waals surface area contributed by atoms with E-state index in [2.05, 4.69) is 30.1 Å². The molecule has 1 unspecified atom stereocenters. The van der Waals surface area contributed by atoms with E-state index in [0.717, 1.165) is 51.1 Å². The summed E-state index contributed by atoms with van der Waals surface area (Å²) in [5.41, 5.74) is 0.126. The van der Waals surface area contributed by atoms with Crippen molar-refractivity contribution >= 4 is 17.2 Å². The second-order valence-corrected chi connectivity index (χ2v) is 9.04. The van der Waals surface area contributed by atoms with Gasteiger partial charge >= 0.3 is 11.9 Å². The molecule has 5 rings (SSSR count). The molecule has 1 atom stereocenters. The predicted octanol–water partition coefficient (Wildman–Crippen LogP) is 2.25. The number of likely N-dealkylation sites (tertiary alicyclic amines) is 1. The monoisotopic (exact) mass is 489 g/mol. The topological polar surface area (TPSA) is 98.6 Å². The number of hydrogen-bond acceptors (Lipinski definition) is 6. The van der Waals surface area contributed by atoms with E-state index in [1.165, 1.54) is 0 Å². The summed E-state index contributed by atoms with van der Waals surface area (Å²) in [6.45, 7) is 3.34. The lowest BCUT2D eigenvalue weighted by Crippen LogP contribution is -2.44. The highest BCUT2D eigenvalue weighted by Gasteiger charge is 2.36. The van der Waals surface area contributed by atoms with Crippen LogP contribution in [0.2, 0.25) is 0 Å². The molecule has 1 amide bonds. The fourth-order valence-electron chi connectivity index (χ4n) is 5.15. The zero-order valence-corrected chi connectivity index (χ0v) is 19.2. The number of alkyl halides is 3. The van der Waals surface area contributed by atoms with Crippen LogP contribution in [-0.4, -0.2) is 69.4 Å². The molecule has 12 heteroatoms. The van der Waals surface area contributed by atoms with Gasteiger partial charge in [-0.2, -0.15) is 13.2 Å². The maximum absolute atomic E-state index is 13.1. The smallest absolute Gasteiger partial charge is 0.370 e. The van der Waals surface area contributed by atoms with Crippen LogP contribution in [-0.2, 0) is 6.18 Å². The zero-order valence-electron chi connectivity index (χ0n) is 19.2. The number of imidazole rings is 1. The number of amides is 1. The van der Waals surface area contributed by atoms with E-state index < -0.39 is 17.6 Å². The van der Waals surface area contributed by atoms with Crippen molar-refractivity contribution in [1.82, 2.24) is 29.6 Å². The highest BCUT2D eigenvalue weighted by Crippen LogP contribution is 2.32. The van der Waals surface area contributed by atoms with E-state index in [4.69, 9.17) is 0 Å². The molecule has 0 radical (unpaired) electrons. The molecule has 2 saturated heterocycles. The molecular weight excluding hydrogens is 463 g/mol. The summed E-state index contributed by atoms with van der Waals surface area (Å²) in [6, 6.07) is 5.59. The first-order valence-corrected chi connectivity index (χ1v) is 11.6. The molecule has 186 valence electrons. The number of fused-ring (bicyclic) bond motifs is 1. The molecule has 5 heterocycles. The van der Waals surface area contributed by atoms with Crippen LogP contribution in [0.25, 0.3) is 5.65 Å². The van der Waals surface area contributed by atoms with Crippen LogP contribution in [0, 0.1) is 0 Å². The van der Waals surface area contributed by atoms with E-state index in [-0.39, 0.29) is 17.5 Å². The van der Waals surface area contributed by atoms with Gasteiger partial charge in [-0.25, -0.2) is 19.2 Å². The molecule has 2 aliphatic heterocycles. The van der Waals surface area contributed by atoms with E-state index >= 15 is 0 Å². The molecule has 2 fully saturated rings. The SMILES string of the molecule is CNC(=O)c1ccc(N2CCC(N3CCC(c4cc5ncc(C(F)(F)F)n5c(=O)[nH]4)C3)CC2)cn1. The number of carbonyl (C=O) groups excluding carboxylic acids is 1. The number of hydrogen-bond donors (Lipinski definition) is 2. The standard InChI is InChI=1S/C23H26F3N7O2/c1-27-21(34)17-3-2-16(11-28-17)31-8-5-15(6-9-31)32-7-4-14(13-32)18-10-20-29-12-19(23(24,25)26)33(20)22(35)30-18/h2-3,10-12,14-15H,4-9,13H2,1H3,(H,27,34)(H,30,35). The first kappa shape index (κ1) is 23.3. The lowest BCUT2D eigenvalue weighted by molar-refractivity contribution is -0.142. The van der Waals surface area contributed by atoms with E-state index in [0.29, 0.717) is 28.0 Å². The van der Waals surface area contributed by atoms with Gasteiger partial charge in [-0.3, -0.25) is 9.69 Å². The molecule has 0 aliphatic carbocycles. The number of H-pyrrole nitrogens is 1. The molecule has 35 heavy (non-hydrogen) atoms. The Morgan fingerprint density at radius 3 is 2.54 bits per heavy atom. The Balaban J connectivity index is 1.22. The highest BCUT2D eigenvalue weighted by atomic mass is 19.4. The highest BCUT2D eigenvalue weighted by molar-refractivity contribution is 5.92. The molecular formula is C23H26F3N7O2. The van der Waals surface area contributed by atoms with Crippen molar-refractivity contribution < 1.29 is 18.0 Å². The van der Waals surface area contributed by atoms with Crippen molar-refractivity contribution in [1.29, 1.82) is 0 Å². The van der Waals surface area contributed by atoms with Gasteiger partial charge in [0, 0.05) is 50.4 Å². The Kier molecular flexibility index (Phi) is 5.99. The fraction of sp³-hybridized carbons (Fsp3) is 0.478. The summed E-state index contributed by atoms with van der Waals surface area (Å²) >= 11 is 0. The molecule has 2 aliphatic rings. The zero-order chi connectivity index (χ0) is 24.7. The molecule has 0 bridgehead atoms. The Labute approximate surface area is 199 Å². The van der Waals surface area contributed by atoms with Gasteiger partial charge in [0.15, 0.2) is 5.69 Å². The number of carbonyl (C=O) groups is 1. The molecule has 3 aromatic heterocycles. The largest absolute Gasteiger partial charge is 0.433 e. The van der Waals surface area contributed by atoms with Crippen molar-refractivity contribution in [3.63, 3.8) is 0 Å². The van der Waals surface area contributed by atoms with Crippen LogP contribution < -0.4 is 15.9 Å². The maximum atomic E-state index is 13.1. The number of nitrogens with zero attached hydrogens (tertiary/aromatic N) is 5. The summed E-state index contributed by atoms with van der Waals surface area (Å²) < 4.78 is 40.0. The summed E-state index contributed by atoms with van der Waals surface area (Å²) in [5.74, 6) is -0.175. The van der Waals surface area contributed by atoms with Crippen molar-refractivity contribution in [3.05, 3.63) is 58.2 Å². The number of aromatic amines is 1. The number of piperidine rings is 1. The Hall–Kier alpha value is -3.41. The summed E-state index contributed by atoms with van der Waals surface area (Å²) in [6.07, 6.45) is 0.538. The van der Waals surface area contributed by atoms with Gasteiger partial charge in [-0.1, -0.05) is 0 Å². The minimum absolute atomic E-state index is 0.0129. The van der Waals surface area contributed by atoms with E-state index in [1.807, 2.05) is 6.07 Å². The van der Waals surface area contributed by atoms with Gasteiger partial charge < -0.3 is 15.2 Å². The number of nitrogens with one attached hydrogen (secondary N) is 2. The third kappa shape index (κ3) is 4.49. The van der Waals surface area contributed by atoms with Gasteiger partial charge in [0.1, 0.15) is 11.3 Å². The number of halogens is 3. The third-order valence-electron chi connectivity index (χ3n) is 7.03. The minimum atomic E-state index is -4.64. The Morgan fingerprint density at radius 1 is 1.11 bits per heavy atom. The van der Waals surface area contributed by atoms with Crippen LogP contribution in [0.3, 0.4) is 0 Å². The lowest BCUT2D eigenvalue weighted by atomic mass is 10.0. The number of anilines is 1. The van der Waals surface area contributed by atoms with Crippen LogP contribution in [0.1, 0.15) is 47.1 Å². The Morgan fingerprint density at radius 2 is 1.89 bits per heavy atom. The van der Waals surface area contributed by atoms with Crippen molar-refractivity contribution in [3.8, 4) is 0 Å². The number of rotatable bonds is 4. The summed E-state index contributed by atoms with van der Waals surface area (Å²) in [7, 11) is 1.57. The normalized spacial score (nSPS) is 20.0. The van der Waals surface area contributed by atoms with Crippen molar-refractivity contribution in [2.24, 2.45) is 0 Å². The minimum Gasteiger partial charge on any atom is -0.370 e. The summed E-state index contributed by atoms with van der Waals surface area (Å²) in [5, 5.41) is 2.56. The average Bonchev–Trinajstić information content (AvgIpc) is 3.52. The summed E-state index contributed by atoms with van der Waals surface area (Å²) in [4.78, 5) is 39.5. The van der Waals surface area contributed by atoms with Gasteiger partial charge in [0.05, 0.1) is 18.1 Å². The fourth-order valence-corrected chi connectivity index (χ4v) is 5.15. The quantitative estimate of drug-likeness (QED) is 0.584. The number of aromatic nitrogens is 4. The molecule has 0 aromatic carbocycles. The molecule has 9 nitrogen and oxygen atoms in total. The Bertz CT molecular complexity index is 1280. The average molecular weight is 490 g/mol. The van der Waals surface area contributed by atoms with E-state index in [9.17, 15) is 22.8 Å². The molecule has 0 saturated carbocycles. The third-order valence-corrected chi connectivity index (χ3v) is 7.03. The van der Waals surface area contributed by atoms with Crippen LogP contribution in [0.15, 0.2) is 35.4 Å². The number of pyridine rings is 1. The van der Waals surface area contributed by atoms with Gasteiger partial charge in [0.2, 0.25) is 0 Å². The van der Waals surface area contributed by atoms with Gasteiger partial charge in [-0.05, 0) is 37.9 Å². The molecule has 0 spiro atoms. The predicted molar refractivity (Wildman–Crippen MR) is 123 cm³/mol. The van der Waals surface area contributed by atoms with Gasteiger partial charge in [0.25, 0.3) is 5.91 Å². The van der Waals surface area contributed by atoms with E-state index in [1.54, 1.807) is 25.4 Å². The maximum Gasteiger partial charge on any atom is 0.433 e. The first-order chi connectivity index (χ1) is 16.7.